The number of hydrogen-bond acceptors (Lipinski definition) is 4. The Morgan fingerprint density at radius 1 is 1.10 bits per heavy atom. The van der Waals surface area contributed by atoms with Crippen molar-refractivity contribution >= 4 is 22.6 Å². The van der Waals surface area contributed by atoms with E-state index in [1.165, 1.54) is 6.92 Å². The lowest BCUT2D eigenvalue weighted by atomic mass is 10.1. The molecule has 0 aliphatic carbocycles. The van der Waals surface area contributed by atoms with E-state index >= 15 is 0 Å². The highest BCUT2D eigenvalue weighted by Crippen LogP contribution is 2.27. The summed E-state index contributed by atoms with van der Waals surface area (Å²) in [4.78, 5) is 16.0. The average molecular weight is 386 g/mol. The number of fused-ring (bicyclic) bond motifs is 1. The van der Waals surface area contributed by atoms with Gasteiger partial charge in [0.15, 0.2) is 5.65 Å². The Kier molecular flexibility index (Phi) is 4.99. The number of methoxy groups -OCH3 is 1. The van der Waals surface area contributed by atoms with Crippen LogP contribution in [0.5, 0.6) is 5.75 Å². The quantitative estimate of drug-likeness (QED) is 0.551. The molecule has 2 aromatic carbocycles. The largest absolute Gasteiger partial charge is 0.497 e. The maximum atomic E-state index is 11.3. The van der Waals surface area contributed by atoms with Gasteiger partial charge >= 0.3 is 0 Å². The summed E-state index contributed by atoms with van der Waals surface area (Å²) >= 11 is 0. The number of hydrogen-bond donors (Lipinski definition) is 1. The molecule has 0 spiro atoms. The predicted octanol–water partition coefficient (Wildman–Crippen LogP) is 4.42. The molecule has 6 nitrogen and oxygen atoms in total. The highest BCUT2D eigenvalue weighted by atomic mass is 16.5. The van der Waals surface area contributed by atoms with E-state index in [0.717, 1.165) is 44.9 Å². The van der Waals surface area contributed by atoms with Gasteiger partial charge in [-0.2, -0.15) is 5.10 Å². The van der Waals surface area contributed by atoms with E-state index in [0.29, 0.717) is 6.54 Å². The topological polar surface area (TPSA) is 69.0 Å². The van der Waals surface area contributed by atoms with E-state index in [2.05, 4.69) is 21.5 Å². The smallest absolute Gasteiger partial charge is 0.221 e. The number of carbonyl (C=O) groups is 1. The molecule has 2 heterocycles. The van der Waals surface area contributed by atoms with Crippen LogP contribution in [0.2, 0.25) is 0 Å². The number of carbonyl (C=O) groups excluding carboxylic acids is 1. The molecular weight excluding hydrogens is 364 g/mol. The number of ether oxygens (including phenoxy) is 1. The lowest BCUT2D eigenvalue weighted by Gasteiger charge is -2.07. The SMILES string of the molecule is COc1ccc(Cn2nc(C)c3cc(-c4cccc(NC(C)=O)c4)cnc32)cc1. The molecule has 1 amide bonds. The van der Waals surface area contributed by atoms with Crippen LogP contribution in [-0.2, 0) is 11.3 Å². The van der Waals surface area contributed by atoms with Crippen LogP contribution in [0.15, 0.2) is 60.8 Å². The third kappa shape index (κ3) is 3.96. The Morgan fingerprint density at radius 3 is 2.62 bits per heavy atom. The summed E-state index contributed by atoms with van der Waals surface area (Å²) in [5.74, 6) is 0.742. The van der Waals surface area contributed by atoms with E-state index in [1.807, 2.05) is 66.3 Å². The van der Waals surface area contributed by atoms with Gasteiger partial charge in [-0.25, -0.2) is 9.67 Å². The number of pyridine rings is 1. The van der Waals surface area contributed by atoms with Gasteiger partial charge in [-0.3, -0.25) is 4.79 Å². The summed E-state index contributed by atoms with van der Waals surface area (Å²) < 4.78 is 7.14. The molecule has 4 aromatic rings. The van der Waals surface area contributed by atoms with Gasteiger partial charge in [-0.1, -0.05) is 24.3 Å². The van der Waals surface area contributed by atoms with Crippen LogP contribution in [0.3, 0.4) is 0 Å². The van der Waals surface area contributed by atoms with Crippen molar-refractivity contribution in [1.82, 2.24) is 14.8 Å². The van der Waals surface area contributed by atoms with Crippen molar-refractivity contribution in [3.8, 4) is 16.9 Å². The predicted molar refractivity (Wildman–Crippen MR) is 114 cm³/mol. The molecule has 0 atom stereocenters. The van der Waals surface area contributed by atoms with Crippen molar-refractivity contribution in [2.45, 2.75) is 20.4 Å². The van der Waals surface area contributed by atoms with Crippen LogP contribution in [0, 0.1) is 6.92 Å². The van der Waals surface area contributed by atoms with Gasteiger partial charge in [0.05, 0.1) is 19.3 Å². The van der Waals surface area contributed by atoms with Crippen LogP contribution in [0.25, 0.3) is 22.2 Å². The number of nitrogens with zero attached hydrogens (tertiary/aromatic N) is 3. The maximum absolute atomic E-state index is 11.3. The van der Waals surface area contributed by atoms with Crippen LogP contribution < -0.4 is 10.1 Å². The minimum atomic E-state index is -0.0913. The minimum Gasteiger partial charge on any atom is -0.497 e. The second-order valence-electron chi connectivity index (χ2n) is 6.95. The van der Waals surface area contributed by atoms with Crippen molar-refractivity contribution in [2.75, 3.05) is 12.4 Å². The molecule has 1 N–H and O–H groups in total. The highest BCUT2D eigenvalue weighted by Gasteiger charge is 2.11. The number of benzene rings is 2. The molecule has 0 radical (unpaired) electrons. The fourth-order valence-electron chi connectivity index (χ4n) is 3.36. The number of rotatable bonds is 5. The van der Waals surface area contributed by atoms with Crippen molar-refractivity contribution < 1.29 is 9.53 Å². The van der Waals surface area contributed by atoms with E-state index in [4.69, 9.17) is 4.74 Å². The second-order valence-corrected chi connectivity index (χ2v) is 6.95. The van der Waals surface area contributed by atoms with Crippen molar-refractivity contribution in [3.05, 3.63) is 72.1 Å². The van der Waals surface area contributed by atoms with E-state index in [1.54, 1.807) is 7.11 Å². The van der Waals surface area contributed by atoms with Gasteiger partial charge in [0.2, 0.25) is 5.91 Å². The van der Waals surface area contributed by atoms with Crippen LogP contribution >= 0.6 is 0 Å². The summed E-state index contributed by atoms with van der Waals surface area (Å²) in [6, 6.07) is 17.8. The zero-order chi connectivity index (χ0) is 20.4. The number of anilines is 1. The third-order valence-corrected chi connectivity index (χ3v) is 4.78. The van der Waals surface area contributed by atoms with Gasteiger partial charge < -0.3 is 10.1 Å². The fourth-order valence-corrected chi connectivity index (χ4v) is 3.36. The first-order valence-electron chi connectivity index (χ1n) is 9.37. The first-order valence-corrected chi connectivity index (χ1v) is 9.37. The molecule has 146 valence electrons. The Morgan fingerprint density at radius 2 is 1.90 bits per heavy atom. The monoisotopic (exact) mass is 386 g/mol. The molecule has 4 rings (SSSR count). The summed E-state index contributed by atoms with van der Waals surface area (Å²) in [5, 5.41) is 8.52. The number of nitrogens with one attached hydrogen (secondary N) is 1. The highest BCUT2D eigenvalue weighted by molar-refractivity contribution is 5.90. The first kappa shape index (κ1) is 18.7. The fraction of sp³-hybridized carbons (Fsp3) is 0.174. The molecule has 0 fully saturated rings. The molecule has 0 saturated carbocycles. The van der Waals surface area contributed by atoms with Crippen LogP contribution in [-0.4, -0.2) is 27.8 Å². The van der Waals surface area contributed by atoms with Gasteiger partial charge in [0.1, 0.15) is 5.75 Å². The number of aryl methyl sites for hydroxylation is 1. The Balaban J connectivity index is 1.67. The number of aromatic nitrogens is 3. The van der Waals surface area contributed by atoms with Crippen molar-refractivity contribution in [1.29, 1.82) is 0 Å². The molecule has 0 saturated heterocycles. The van der Waals surface area contributed by atoms with Crippen molar-refractivity contribution in [2.24, 2.45) is 0 Å². The molecule has 0 bridgehead atoms. The minimum absolute atomic E-state index is 0.0913. The normalized spacial score (nSPS) is 10.9. The van der Waals surface area contributed by atoms with E-state index in [9.17, 15) is 4.79 Å². The van der Waals surface area contributed by atoms with Gasteiger partial charge in [-0.05, 0) is 48.4 Å². The average Bonchev–Trinajstić information content (AvgIpc) is 3.03. The van der Waals surface area contributed by atoms with Crippen molar-refractivity contribution in [3.63, 3.8) is 0 Å². The Bertz CT molecular complexity index is 1180. The molecule has 6 heteroatoms. The maximum Gasteiger partial charge on any atom is 0.221 e. The molecule has 29 heavy (non-hydrogen) atoms. The summed E-state index contributed by atoms with van der Waals surface area (Å²) in [7, 11) is 1.66. The lowest BCUT2D eigenvalue weighted by molar-refractivity contribution is -0.114. The van der Waals surface area contributed by atoms with Gasteiger partial charge in [0.25, 0.3) is 0 Å². The number of amides is 1. The third-order valence-electron chi connectivity index (χ3n) is 4.78. The van der Waals surface area contributed by atoms with E-state index in [-0.39, 0.29) is 5.91 Å². The molecular formula is C23H22N4O2. The van der Waals surface area contributed by atoms with Crippen LogP contribution in [0.4, 0.5) is 5.69 Å². The molecule has 0 aliphatic heterocycles. The summed E-state index contributed by atoms with van der Waals surface area (Å²) in [6.07, 6.45) is 1.85. The Labute approximate surface area is 169 Å². The zero-order valence-electron chi connectivity index (χ0n) is 16.6. The molecule has 2 aromatic heterocycles. The zero-order valence-corrected chi connectivity index (χ0v) is 16.6. The molecule has 0 unspecified atom stereocenters. The molecule has 0 aliphatic rings. The van der Waals surface area contributed by atoms with Gasteiger partial charge in [-0.15, -0.1) is 0 Å². The Hall–Kier alpha value is -3.67. The first-order chi connectivity index (χ1) is 14.0. The van der Waals surface area contributed by atoms with Gasteiger partial charge in [0, 0.05) is 29.8 Å². The second kappa shape index (κ2) is 7.75. The van der Waals surface area contributed by atoms with E-state index < -0.39 is 0 Å². The summed E-state index contributed by atoms with van der Waals surface area (Å²) in [6.45, 7) is 4.13. The standard InChI is InChI=1S/C23H22N4O2/c1-15-22-12-19(18-5-4-6-20(11-18)25-16(2)28)13-24-23(22)27(26-15)14-17-7-9-21(29-3)10-8-17/h4-13H,14H2,1-3H3,(H,25,28). The van der Waals surface area contributed by atoms with Crippen LogP contribution in [0.1, 0.15) is 18.2 Å². The summed E-state index contributed by atoms with van der Waals surface area (Å²) in [5.41, 5.74) is 5.65. The lowest BCUT2D eigenvalue weighted by Crippen LogP contribution is -2.05.